The lowest BCUT2D eigenvalue weighted by Gasteiger charge is -2.30. The number of methoxy groups -OCH3 is 2. The van der Waals surface area contributed by atoms with Crippen LogP contribution < -0.4 is 20.1 Å². The summed E-state index contributed by atoms with van der Waals surface area (Å²) in [5, 5.41) is 5.14. The van der Waals surface area contributed by atoms with Gasteiger partial charge in [-0.15, -0.1) is 0 Å². The predicted molar refractivity (Wildman–Crippen MR) is 116 cm³/mol. The van der Waals surface area contributed by atoms with E-state index < -0.39 is 33.6 Å². The summed E-state index contributed by atoms with van der Waals surface area (Å²) in [6.07, 6.45) is 0. The van der Waals surface area contributed by atoms with E-state index in [2.05, 4.69) is 10.6 Å². The Kier molecular flexibility index (Phi) is 7.04. The number of hydrogen-bond donors (Lipinski definition) is 2. The fourth-order valence-corrected chi connectivity index (χ4v) is 4.73. The van der Waals surface area contributed by atoms with Crippen molar-refractivity contribution in [3.8, 4) is 11.5 Å². The third kappa shape index (κ3) is 4.86. The second kappa shape index (κ2) is 9.73. The Labute approximate surface area is 186 Å². The number of esters is 1. The average Bonchev–Trinajstić information content (AvgIpc) is 2.78. The summed E-state index contributed by atoms with van der Waals surface area (Å²) in [6, 6.07) is 11.0. The van der Waals surface area contributed by atoms with Crippen molar-refractivity contribution in [1.82, 2.24) is 10.6 Å². The van der Waals surface area contributed by atoms with Crippen LogP contribution in [-0.4, -0.2) is 47.0 Å². The Bertz CT molecular complexity index is 1140. The molecule has 0 unspecified atom stereocenters. The number of hydrogen-bond acceptors (Lipinski definition) is 7. The van der Waals surface area contributed by atoms with Gasteiger partial charge in [-0.3, -0.25) is 0 Å². The van der Waals surface area contributed by atoms with E-state index in [1.165, 1.54) is 26.4 Å². The van der Waals surface area contributed by atoms with Crippen molar-refractivity contribution in [2.75, 3.05) is 26.6 Å². The monoisotopic (exact) mass is 460 g/mol. The summed E-state index contributed by atoms with van der Waals surface area (Å²) in [7, 11) is -0.937. The number of urea groups is 1. The molecule has 0 spiro atoms. The zero-order valence-electron chi connectivity index (χ0n) is 17.9. The first-order valence-corrected chi connectivity index (χ1v) is 11.4. The summed E-state index contributed by atoms with van der Waals surface area (Å²) in [6.45, 7) is 1.70. The van der Waals surface area contributed by atoms with Crippen LogP contribution in [0.5, 0.6) is 11.5 Å². The molecule has 1 aliphatic rings. The van der Waals surface area contributed by atoms with Crippen LogP contribution in [0, 0.1) is 0 Å². The minimum absolute atomic E-state index is 0.0301. The van der Waals surface area contributed by atoms with E-state index in [-0.39, 0.29) is 22.8 Å². The van der Waals surface area contributed by atoms with Crippen LogP contribution >= 0.6 is 0 Å². The minimum atomic E-state index is -3.86. The van der Waals surface area contributed by atoms with Gasteiger partial charge >= 0.3 is 12.0 Å². The molecule has 0 saturated heterocycles. The molecular weight excluding hydrogens is 436 g/mol. The van der Waals surface area contributed by atoms with E-state index in [0.29, 0.717) is 17.1 Å². The molecule has 0 saturated carbocycles. The third-order valence-electron chi connectivity index (χ3n) is 4.83. The Morgan fingerprint density at radius 2 is 1.78 bits per heavy atom. The first kappa shape index (κ1) is 23.1. The number of benzene rings is 2. The van der Waals surface area contributed by atoms with Gasteiger partial charge in [-0.1, -0.05) is 18.2 Å². The van der Waals surface area contributed by atoms with Gasteiger partial charge in [-0.25, -0.2) is 18.0 Å². The van der Waals surface area contributed by atoms with Gasteiger partial charge in [0.05, 0.1) is 43.1 Å². The van der Waals surface area contributed by atoms with Crippen LogP contribution in [0.1, 0.15) is 18.5 Å². The van der Waals surface area contributed by atoms with Gasteiger partial charge in [0.15, 0.2) is 9.84 Å². The molecule has 3 rings (SSSR count). The molecule has 0 aliphatic carbocycles. The van der Waals surface area contributed by atoms with Crippen molar-refractivity contribution >= 4 is 21.8 Å². The maximum absolute atomic E-state index is 13.0. The van der Waals surface area contributed by atoms with Gasteiger partial charge in [0.25, 0.3) is 0 Å². The highest BCUT2D eigenvalue weighted by Gasteiger charge is 2.37. The molecule has 1 aliphatic heterocycles. The normalized spacial score (nSPS) is 16.1. The summed E-state index contributed by atoms with van der Waals surface area (Å²) in [5.74, 6) is -0.505. The van der Waals surface area contributed by atoms with E-state index in [1.807, 2.05) is 0 Å². The van der Waals surface area contributed by atoms with Gasteiger partial charge in [0, 0.05) is 11.3 Å². The molecule has 0 bridgehead atoms. The largest absolute Gasteiger partial charge is 0.497 e. The number of rotatable bonds is 8. The lowest BCUT2D eigenvalue weighted by molar-refractivity contribution is -0.139. The van der Waals surface area contributed by atoms with Crippen molar-refractivity contribution in [3.63, 3.8) is 0 Å². The summed E-state index contributed by atoms with van der Waals surface area (Å²) in [5.41, 5.74) is 0.322. The maximum atomic E-state index is 13.0. The van der Waals surface area contributed by atoms with Crippen molar-refractivity contribution < 1.29 is 32.2 Å². The Morgan fingerprint density at radius 1 is 1.06 bits per heavy atom. The summed E-state index contributed by atoms with van der Waals surface area (Å²) < 4.78 is 41.9. The highest BCUT2D eigenvalue weighted by Crippen LogP contribution is 2.36. The molecule has 2 amide bonds. The van der Waals surface area contributed by atoms with Crippen molar-refractivity contribution in [3.05, 3.63) is 65.4 Å². The standard InChI is InChI=1S/C22H24N2O7S/c1-4-31-21(25)19-17(13-32(27,28)15-8-6-5-7-9-15)23-22(26)24-20(19)16-12-14(29-2)10-11-18(16)30-3/h5-12,20H,4,13H2,1-3H3,(H2,23,24,26)/t20-/m1/s1. The molecule has 2 aromatic rings. The van der Waals surface area contributed by atoms with Crippen molar-refractivity contribution in [1.29, 1.82) is 0 Å². The van der Waals surface area contributed by atoms with Gasteiger partial charge in [0.2, 0.25) is 0 Å². The van der Waals surface area contributed by atoms with Crippen LogP contribution in [0.25, 0.3) is 0 Å². The molecule has 2 N–H and O–H groups in total. The average molecular weight is 461 g/mol. The van der Waals surface area contributed by atoms with Gasteiger partial charge < -0.3 is 24.8 Å². The fourth-order valence-electron chi connectivity index (χ4n) is 3.38. The second-order valence-corrected chi connectivity index (χ2v) is 8.81. The van der Waals surface area contributed by atoms with E-state index in [4.69, 9.17) is 14.2 Å². The number of carbonyl (C=O) groups excluding carboxylic acids is 2. The van der Waals surface area contributed by atoms with Crippen molar-refractivity contribution in [2.24, 2.45) is 0 Å². The Hall–Kier alpha value is -3.53. The highest BCUT2D eigenvalue weighted by atomic mass is 32.2. The quantitative estimate of drug-likeness (QED) is 0.580. The van der Waals surface area contributed by atoms with Crippen LogP contribution in [0.4, 0.5) is 4.79 Å². The fraction of sp³-hybridized carbons (Fsp3) is 0.273. The van der Waals surface area contributed by atoms with Crippen LogP contribution in [0.2, 0.25) is 0 Å². The third-order valence-corrected chi connectivity index (χ3v) is 6.49. The smallest absolute Gasteiger partial charge is 0.338 e. The lowest BCUT2D eigenvalue weighted by Crippen LogP contribution is -2.47. The molecule has 170 valence electrons. The topological polar surface area (TPSA) is 120 Å². The molecule has 1 heterocycles. The van der Waals surface area contributed by atoms with Gasteiger partial charge in [-0.05, 0) is 37.3 Å². The van der Waals surface area contributed by atoms with Gasteiger partial charge in [0.1, 0.15) is 11.5 Å². The molecule has 32 heavy (non-hydrogen) atoms. The predicted octanol–water partition coefficient (Wildman–Crippen LogP) is 2.35. The zero-order valence-corrected chi connectivity index (χ0v) is 18.7. The molecular formula is C22H24N2O7S. The number of carbonyl (C=O) groups is 2. The first-order chi connectivity index (χ1) is 15.3. The summed E-state index contributed by atoms with van der Waals surface area (Å²) in [4.78, 5) is 25.5. The molecule has 0 aromatic heterocycles. The Morgan fingerprint density at radius 3 is 2.41 bits per heavy atom. The molecule has 0 radical (unpaired) electrons. The lowest BCUT2D eigenvalue weighted by atomic mass is 9.94. The second-order valence-electron chi connectivity index (χ2n) is 6.82. The first-order valence-electron chi connectivity index (χ1n) is 9.78. The molecule has 10 heteroatoms. The van der Waals surface area contributed by atoms with Crippen LogP contribution in [0.15, 0.2) is 64.7 Å². The van der Waals surface area contributed by atoms with E-state index in [9.17, 15) is 18.0 Å². The van der Waals surface area contributed by atoms with Gasteiger partial charge in [-0.2, -0.15) is 0 Å². The van der Waals surface area contributed by atoms with E-state index in [0.717, 1.165) is 0 Å². The maximum Gasteiger partial charge on any atom is 0.338 e. The number of ether oxygens (including phenoxy) is 3. The van der Waals surface area contributed by atoms with Crippen molar-refractivity contribution in [2.45, 2.75) is 17.9 Å². The van der Waals surface area contributed by atoms with Crippen LogP contribution in [-0.2, 0) is 19.4 Å². The zero-order chi connectivity index (χ0) is 23.3. The number of nitrogens with one attached hydrogen (secondary N) is 2. The SMILES string of the molecule is CCOC(=O)C1=C(CS(=O)(=O)c2ccccc2)NC(=O)N[C@@H]1c1cc(OC)ccc1OC. The molecule has 0 fully saturated rings. The van der Waals surface area contributed by atoms with E-state index in [1.54, 1.807) is 43.3 Å². The minimum Gasteiger partial charge on any atom is -0.497 e. The Balaban J connectivity index is 2.17. The molecule has 2 aromatic carbocycles. The number of amides is 2. The number of sulfone groups is 1. The summed E-state index contributed by atoms with van der Waals surface area (Å²) >= 11 is 0. The molecule has 1 atom stereocenters. The van der Waals surface area contributed by atoms with E-state index >= 15 is 0 Å². The highest BCUT2D eigenvalue weighted by molar-refractivity contribution is 7.91. The van der Waals surface area contributed by atoms with Crippen LogP contribution in [0.3, 0.4) is 0 Å². The molecule has 9 nitrogen and oxygen atoms in total.